The van der Waals surface area contributed by atoms with Crippen LogP contribution < -0.4 is 10.1 Å². The molecule has 1 aliphatic rings. The maximum atomic E-state index is 14.3. The Morgan fingerprint density at radius 3 is 2.27 bits per heavy atom. The molecular formula is C16H6F7NO2. The fraction of sp³-hybridized carbons (Fsp3) is 0.0625. The van der Waals surface area contributed by atoms with Crippen molar-refractivity contribution in [3.8, 4) is 16.9 Å². The van der Waals surface area contributed by atoms with Crippen molar-refractivity contribution in [2.24, 2.45) is 0 Å². The van der Waals surface area contributed by atoms with Crippen LogP contribution in [-0.4, -0.2) is 12.0 Å². The third kappa shape index (κ3) is 2.49. The van der Waals surface area contributed by atoms with Crippen LogP contribution in [-0.2, 0) is 4.79 Å². The third-order valence-electron chi connectivity index (χ3n) is 3.59. The van der Waals surface area contributed by atoms with Crippen molar-refractivity contribution in [1.29, 1.82) is 0 Å². The lowest BCUT2D eigenvalue weighted by Gasteiger charge is -2.25. The van der Waals surface area contributed by atoms with Crippen molar-refractivity contribution in [3.05, 3.63) is 53.4 Å². The molecule has 0 radical (unpaired) electrons. The smallest absolute Gasteiger partial charge is 0.423 e. The van der Waals surface area contributed by atoms with Gasteiger partial charge in [0.05, 0.1) is 11.3 Å². The van der Waals surface area contributed by atoms with Gasteiger partial charge in [-0.2, -0.15) is 8.78 Å². The van der Waals surface area contributed by atoms with Crippen LogP contribution in [0.15, 0.2) is 18.7 Å². The van der Waals surface area contributed by atoms with E-state index in [2.05, 4.69) is 11.3 Å². The minimum Gasteiger partial charge on any atom is -0.423 e. The number of ether oxygens (including phenoxy) is 1. The molecule has 1 N–H and O–H groups in total. The summed E-state index contributed by atoms with van der Waals surface area (Å²) < 4.78 is 100. The summed E-state index contributed by atoms with van der Waals surface area (Å²) >= 11 is 0. The third-order valence-corrected chi connectivity index (χ3v) is 3.59. The van der Waals surface area contributed by atoms with E-state index in [1.807, 2.05) is 0 Å². The van der Waals surface area contributed by atoms with Gasteiger partial charge in [0.15, 0.2) is 23.2 Å². The summed E-state index contributed by atoms with van der Waals surface area (Å²) in [5, 5.41) is 1.67. The first-order chi connectivity index (χ1) is 12.1. The predicted molar refractivity (Wildman–Crippen MR) is 76.0 cm³/mol. The number of halogens is 7. The van der Waals surface area contributed by atoms with Gasteiger partial charge in [-0.1, -0.05) is 12.7 Å². The highest BCUT2D eigenvalue weighted by Crippen LogP contribution is 2.42. The molecule has 0 saturated carbocycles. The average Bonchev–Trinajstić information content (AvgIpc) is 2.55. The summed E-state index contributed by atoms with van der Waals surface area (Å²) in [4.78, 5) is 11.2. The maximum Gasteiger partial charge on any atom is 0.482 e. The highest BCUT2D eigenvalue weighted by Gasteiger charge is 2.46. The lowest BCUT2D eigenvalue weighted by Crippen LogP contribution is -2.43. The fourth-order valence-electron chi connectivity index (χ4n) is 2.38. The topological polar surface area (TPSA) is 38.3 Å². The average molecular weight is 377 g/mol. The maximum absolute atomic E-state index is 14.3. The minimum atomic E-state index is -4.28. The van der Waals surface area contributed by atoms with Crippen molar-refractivity contribution in [2.75, 3.05) is 5.32 Å². The zero-order chi connectivity index (χ0) is 19.4. The molecule has 3 nitrogen and oxygen atoms in total. The van der Waals surface area contributed by atoms with E-state index >= 15 is 0 Å². The normalized spacial score (nSPS) is 15.1. The van der Waals surface area contributed by atoms with Crippen LogP contribution in [0.25, 0.3) is 17.2 Å². The van der Waals surface area contributed by atoms with Gasteiger partial charge in [-0.3, -0.25) is 4.79 Å². The van der Waals surface area contributed by atoms with Gasteiger partial charge in [-0.25, -0.2) is 22.0 Å². The van der Waals surface area contributed by atoms with Gasteiger partial charge in [0.25, 0.3) is 0 Å². The van der Waals surface area contributed by atoms with E-state index in [0.29, 0.717) is 18.2 Å². The van der Waals surface area contributed by atoms with Gasteiger partial charge in [0.2, 0.25) is 0 Å². The molecule has 136 valence electrons. The number of fused-ring (bicyclic) bond motifs is 1. The van der Waals surface area contributed by atoms with Gasteiger partial charge in [-0.05, 0) is 6.07 Å². The highest BCUT2D eigenvalue weighted by atomic mass is 19.3. The van der Waals surface area contributed by atoms with Crippen molar-refractivity contribution >= 4 is 17.7 Å². The molecule has 10 heteroatoms. The molecular weight excluding hydrogens is 371 g/mol. The molecule has 26 heavy (non-hydrogen) atoms. The molecule has 3 rings (SSSR count). The van der Waals surface area contributed by atoms with Gasteiger partial charge in [0, 0.05) is 17.2 Å². The second-order valence-electron chi connectivity index (χ2n) is 5.15. The van der Waals surface area contributed by atoms with Gasteiger partial charge < -0.3 is 10.1 Å². The van der Waals surface area contributed by atoms with E-state index < -0.39 is 69.2 Å². The molecule has 1 heterocycles. The Labute approximate surface area is 140 Å². The minimum absolute atomic E-state index is 0.325. The summed E-state index contributed by atoms with van der Waals surface area (Å²) in [6.07, 6.45) is -3.73. The SMILES string of the molecule is C=Cc1c(F)c(F)c(F)c(-c2cc3c(cc2F)OC(F)(F)C(=O)N3)c1F. The van der Waals surface area contributed by atoms with Crippen LogP contribution in [0, 0.1) is 29.1 Å². The van der Waals surface area contributed by atoms with E-state index in [0.717, 1.165) is 0 Å². The van der Waals surface area contributed by atoms with Crippen LogP contribution in [0.1, 0.15) is 5.56 Å². The molecule has 1 amide bonds. The van der Waals surface area contributed by atoms with Gasteiger partial charge >= 0.3 is 12.0 Å². The molecule has 0 aliphatic carbocycles. The molecule has 0 atom stereocenters. The van der Waals surface area contributed by atoms with Crippen LogP contribution in [0.5, 0.6) is 5.75 Å². The molecule has 2 aromatic rings. The van der Waals surface area contributed by atoms with E-state index in [1.54, 1.807) is 5.32 Å². The Morgan fingerprint density at radius 2 is 1.65 bits per heavy atom. The number of carbonyl (C=O) groups is 1. The highest BCUT2D eigenvalue weighted by molar-refractivity contribution is 5.99. The number of anilines is 1. The number of carbonyl (C=O) groups excluding carboxylic acids is 1. The number of hydrogen-bond acceptors (Lipinski definition) is 2. The number of rotatable bonds is 2. The van der Waals surface area contributed by atoms with E-state index in [-0.39, 0.29) is 0 Å². The molecule has 0 spiro atoms. The van der Waals surface area contributed by atoms with Gasteiger partial charge in [-0.15, -0.1) is 0 Å². The first kappa shape index (κ1) is 17.8. The fourth-order valence-corrected chi connectivity index (χ4v) is 2.38. The Morgan fingerprint density at radius 1 is 1.00 bits per heavy atom. The molecule has 1 aliphatic heterocycles. The van der Waals surface area contributed by atoms with E-state index in [9.17, 15) is 35.5 Å². The van der Waals surface area contributed by atoms with Crippen LogP contribution >= 0.6 is 0 Å². The molecule has 0 unspecified atom stereocenters. The molecule has 0 fully saturated rings. The number of benzene rings is 2. The number of nitrogens with one attached hydrogen (secondary N) is 1. The largest absolute Gasteiger partial charge is 0.482 e. The zero-order valence-electron chi connectivity index (χ0n) is 12.4. The summed E-state index contributed by atoms with van der Waals surface area (Å²) in [7, 11) is 0. The van der Waals surface area contributed by atoms with Crippen LogP contribution in [0.2, 0.25) is 0 Å². The number of alkyl halides is 2. The summed E-state index contributed by atoms with van der Waals surface area (Å²) in [6, 6.07) is 0.884. The molecule has 0 saturated heterocycles. The first-order valence-electron chi connectivity index (χ1n) is 6.79. The Balaban J connectivity index is 2.28. The first-order valence-corrected chi connectivity index (χ1v) is 6.79. The number of amides is 1. The standard InChI is InChI=1S/C16H6F7NO2/c1-2-5-11(18)10(13(20)14(21)12(5)19)6-3-8-9(4-7(6)17)26-16(22,23)15(25)24-8/h2-4H,1H2,(H,24,25). The molecule has 0 aromatic heterocycles. The lowest BCUT2D eigenvalue weighted by atomic mass is 9.98. The van der Waals surface area contributed by atoms with Crippen molar-refractivity contribution in [3.63, 3.8) is 0 Å². The Bertz CT molecular complexity index is 972. The predicted octanol–water partition coefficient (Wildman–Crippen LogP) is 4.62. The molecule has 2 aromatic carbocycles. The lowest BCUT2D eigenvalue weighted by molar-refractivity contribution is -0.189. The zero-order valence-corrected chi connectivity index (χ0v) is 12.4. The second kappa shape index (κ2) is 5.75. The number of hydrogen-bond donors (Lipinski definition) is 1. The summed E-state index contributed by atoms with van der Waals surface area (Å²) in [5.74, 6) is -11.9. The van der Waals surface area contributed by atoms with E-state index in [1.165, 1.54) is 0 Å². The van der Waals surface area contributed by atoms with Crippen LogP contribution in [0.4, 0.5) is 36.4 Å². The monoisotopic (exact) mass is 377 g/mol. The van der Waals surface area contributed by atoms with Crippen molar-refractivity contribution < 1.29 is 40.3 Å². The summed E-state index contributed by atoms with van der Waals surface area (Å²) in [5.41, 5.74) is -3.84. The quantitative estimate of drug-likeness (QED) is 0.471. The van der Waals surface area contributed by atoms with Gasteiger partial charge in [0.1, 0.15) is 11.6 Å². The van der Waals surface area contributed by atoms with E-state index in [4.69, 9.17) is 0 Å². The summed E-state index contributed by atoms with van der Waals surface area (Å²) in [6.45, 7) is 3.05. The van der Waals surface area contributed by atoms with Crippen LogP contribution in [0.3, 0.4) is 0 Å². The Kier molecular flexibility index (Phi) is 3.93. The molecule has 0 bridgehead atoms. The van der Waals surface area contributed by atoms with Crippen molar-refractivity contribution in [1.82, 2.24) is 0 Å². The second-order valence-corrected chi connectivity index (χ2v) is 5.15. The Hall–Kier alpha value is -3.04. The van der Waals surface area contributed by atoms with Crippen molar-refractivity contribution in [2.45, 2.75) is 6.11 Å².